The second kappa shape index (κ2) is 5.14. The molecular weight excluding hydrogens is 281 g/mol. The number of nitrogens with one attached hydrogen (secondary N) is 1. The second-order valence-corrected chi connectivity index (χ2v) is 5.79. The minimum Gasteiger partial charge on any atom is -0.339 e. The quantitative estimate of drug-likeness (QED) is 0.946. The van der Waals surface area contributed by atoms with Crippen LogP contribution >= 0.6 is 11.6 Å². The Kier molecular flexibility index (Phi) is 3.48. The van der Waals surface area contributed by atoms with Crippen LogP contribution < -0.4 is 5.32 Å². The van der Waals surface area contributed by atoms with Gasteiger partial charge in [-0.05, 0) is 32.0 Å². The first-order chi connectivity index (χ1) is 9.58. The van der Waals surface area contributed by atoms with Gasteiger partial charge < -0.3 is 9.84 Å². The molecule has 0 spiro atoms. The Balaban J connectivity index is 1.84. The summed E-state index contributed by atoms with van der Waals surface area (Å²) >= 11 is 6.00. The predicted molar refractivity (Wildman–Crippen MR) is 73.4 cm³/mol. The molecule has 1 aromatic heterocycles. The van der Waals surface area contributed by atoms with Crippen molar-refractivity contribution in [1.29, 1.82) is 0 Å². The highest BCUT2D eigenvalue weighted by Gasteiger charge is 2.36. The first kappa shape index (κ1) is 13.5. The maximum Gasteiger partial charge on any atom is 0.233 e. The number of benzene rings is 1. The highest BCUT2D eigenvalue weighted by atomic mass is 35.5. The average Bonchev–Trinajstić information content (AvgIpc) is 3.04. The van der Waals surface area contributed by atoms with E-state index < -0.39 is 0 Å². The van der Waals surface area contributed by atoms with Gasteiger partial charge in [0, 0.05) is 23.6 Å². The highest BCUT2D eigenvalue weighted by Crippen LogP contribution is 2.29. The van der Waals surface area contributed by atoms with E-state index in [1.54, 1.807) is 12.1 Å². The summed E-state index contributed by atoms with van der Waals surface area (Å²) in [6, 6.07) is 4.61. The van der Waals surface area contributed by atoms with Crippen molar-refractivity contribution in [3.63, 3.8) is 0 Å². The van der Waals surface area contributed by atoms with Crippen LogP contribution in [0.4, 0.5) is 4.39 Å². The van der Waals surface area contributed by atoms with E-state index in [2.05, 4.69) is 22.4 Å². The number of hydrogen-bond acceptors (Lipinski definition) is 4. The Morgan fingerprint density at radius 1 is 1.50 bits per heavy atom. The molecule has 1 saturated heterocycles. The van der Waals surface area contributed by atoms with Gasteiger partial charge in [-0.15, -0.1) is 0 Å². The summed E-state index contributed by atoms with van der Waals surface area (Å²) in [4.78, 5) is 4.40. The van der Waals surface area contributed by atoms with Gasteiger partial charge in [0.1, 0.15) is 5.82 Å². The molecule has 0 saturated carbocycles. The molecule has 1 fully saturated rings. The number of hydrogen-bond donors (Lipinski definition) is 1. The van der Waals surface area contributed by atoms with E-state index in [-0.39, 0.29) is 17.7 Å². The molecule has 0 bridgehead atoms. The second-order valence-electron chi connectivity index (χ2n) is 5.38. The molecule has 1 aliphatic heterocycles. The van der Waals surface area contributed by atoms with Gasteiger partial charge in [-0.1, -0.05) is 22.8 Å². The number of halogens is 2. The van der Waals surface area contributed by atoms with E-state index >= 15 is 0 Å². The van der Waals surface area contributed by atoms with Crippen LogP contribution in [0, 0.1) is 5.82 Å². The lowest BCUT2D eigenvalue weighted by Gasteiger charge is -2.15. The van der Waals surface area contributed by atoms with Gasteiger partial charge in [0.05, 0.1) is 5.41 Å². The highest BCUT2D eigenvalue weighted by molar-refractivity contribution is 6.31. The Labute approximate surface area is 121 Å². The molecular formula is C14H15ClFN3O. The van der Waals surface area contributed by atoms with E-state index in [0.717, 1.165) is 19.5 Å². The minimum atomic E-state index is -0.349. The predicted octanol–water partition coefficient (Wildman–Crippen LogP) is 2.70. The largest absolute Gasteiger partial charge is 0.339 e. The van der Waals surface area contributed by atoms with Crippen LogP contribution in [0.5, 0.6) is 0 Å². The molecule has 0 radical (unpaired) electrons. The zero-order chi connectivity index (χ0) is 14.2. The van der Waals surface area contributed by atoms with E-state index in [0.29, 0.717) is 22.3 Å². The van der Waals surface area contributed by atoms with Crippen LogP contribution in [-0.4, -0.2) is 23.2 Å². The first-order valence-electron chi connectivity index (χ1n) is 6.55. The van der Waals surface area contributed by atoms with Crippen molar-refractivity contribution >= 4 is 11.6 Å². The standard InChI is InChI=1S/C14H15ClFN3O/c1-14(5-6-17-8-14)13-18-12(19-20-13)7-9-10(15)3-2-4-11(9)16/h2-4,17H,5-8H2,1H3. The van der Waals surface area contributed by atoms with Crippen LogP contribution in [-0.2, 0) is 11.8 Å². The van der Waals surface area contributed by atoms with Crippen molar-refractivity contribution in [1.82, 2.24) is 15.5 Å². The van der Waals surface area contributed by atoms with Gasteiger partial charge in [-0.3, -0.25) is 0 Å². The first-order valence-corrected chi connectivity index (χ1v) is 6.93. The van der Waals surface area contributed by atoms with Gasteiger partial charge in [0.25, 0.3) is 0 Å². The zero-order valence-corrected chi connectivity index (χ0v) is 11.9. The van der Waals surface area contributed by atoms with Gasteiger partial charge >= 0.3 is 0 Å². The number of rotatable bonds is 3. The van der Waals surface area contributed by atoms with Crippen molar-refractivity contribution < 1.29 is 8.91 Å². The van der Waals surface area contributed by atoms with Gasteiger partial charge in [0.2, 0.25) is 5.89 Å². The Bertz CT molecular complexity index is 602. The van der Waals surface area contributed by atoms with Crippen LogP contribution in [0.25, 0.3) is 0 Å². The normalized spacial score (nSPS) is 22.4. The topological polar surface area (TPSA) is 51.0 Å². The summed E-state index contributed by atoms with van der Waals surface area (Å²) in [5, 5.41) is 7.60. The molecule has 4 nitrogen and oxygen atoms in total. The third-order valence-corrected chi connectivity index (χ3v) is 4.10. The molecule has 6 heteroatoms. The van der Waals surface area contributed by atoms with E-state index in [1.165, 1.54) is 6.07 Å². The molecule has 20 heavy (non-hydrogen) atoms. The SMILES string of the molecule is CC1(c2nc(Cc3c(F)cccc3Cl)no2)CCNC1. The third kappa shape index (κ3) is 2.43. The maximum absolute atomic E-state index is 13.7. The molecule has 3 rings (SSSR count). The van der Waals surface area contributed by atoms with Crippen molar-refractivity contribution in [2.75, 3.05) is 13.1 Å². The van der Waals surface area contributed by atoms with Gasteiger partial charge in [-0.2, -0.15) is 4.98 Å². The van der Waals surface area contributed by atoms with Gasteiger partial charge in [-0.25, -0.2) is 4.39 Å². The number of nitrogens with zero attached hydrogens (tertiary/aromatic N) is 2. The molecule has 1 aliphatic rings. The van der Waals surface area contributed by atoms with E-state index in [9.17, 15) is 4.39 Å². The van der Waals surface area contributed by atoms with Crippen molar-refractivity contribution in [2.45, 2.75) is 25.2 Å². The van der Waals surface area contributed by atoms with Crippen molar-refractivity contribution in [3.05, 3.63) is 46.3 Å². The molecule has 1 aromatic carbocycles. The third-order valence-electron chi connectivity index (χ3n) is 3.75. The molecule has 2 heterocycles. The molecule has 1 unspecified atom stereocenters. The molecule has 1 N–H and O–H groups in total. The fraction of sp³-hybridized carbons (Fsp3) is 0.429. The maximum atomic E-state index is 13.7. The summed E-state index contributed by atoms with van der Waals surface area (Å²) in [5.74, 6) is 0.711. The lowest BCUT2D eigenvalue weighted by Crippen LogP contribution is -2.25. The molecule has 0 aliphatic carbocycles. The van der Waals surface area contributed by atoms with E-state index in [4.69, 9.17) is 16.1 Å². The fourth-order valence-corrected chi connectivity index (χ4v) is 2.66. The smallest absolute Gasteiger partial charge is 0.233 e. The summed E-state index contributed by atoms with van der Waals surface area (Å²) < 4.78 is 19.1. The molecule has 0 amide bonds. The number of aromatic nitrogens is 2. The molecule has 2 aromatic rings. The fourth-order valence-electron chi connectivity index (χ4n) is 2.43. The summed E-state index contributed by atoms with van der Waals surface area (Å²) in [6.45, 7) is 3.84. The Hall–Kier alpha value is -1.46. The lowest BCUT2D eigenvalue weighted by atomic mass is 9.90. The Morgan fingerprint density at radius 2 is 2.35 bits per heavy atom. The van der Waals surface area contributed by atoms with Crippen molar-refractivity contribution in [3.8, 4) is 0 Å². The summed E-state index contributed by atoms with van der Waals surface area (Å²) in [7, 11) is 0. The zero-order valence-electron chi connectivity index (χ0n) is 11.1. The van der Waals surface area contributed by atoms with Crippen LogP contribution in [0.3, 0.4) is 0 Å². The Morgan fingerprint density at radius 3 is 3.05 bits per heavy atom. The molecule has 106 valence electrons. The average molecular weight is 296 g/mol. The van der Waals surface area contributed by atoms with Crippen LogP contribution in [0.2, 0.25) is 5.02 Å². The summed E-state index contributed by atoms with van der Waals surface area (Å²) in [5.41, 5.74) is 0.265. The minimum absolute atomic E-state index is 0.135. The summed E-state index contributed by atoms with van der Waals surface area (Å²) in [6.07, 6.45) is 1.19. The lowest BCUT2D eigenvalue weighted by molar-refractivity contribution is 0.304. The van der Waals surface area contributed by atoms with Crippen molar-refractivity contribution in [2.24, 2.45) is 0 Å². The van der Waals surface area contributed by atoms with Crippen LogP contribution in [0.1, 0.15) is 30.6 Å². The van der Waals surface area contributed by atoms with E-state index in [1.807, 2.05) is 0 Å². The monoisotopic (exact) mass is 295 g/mol. The van der Waals surface area contributed by atoms with Gasteiger partial charge in [0.15, 0.2) is 5.82 Å². The molecule has 1 atom stereocenters. The van der Waals surface area contributed by atoms with Crippen LogP contribution in [0.15, 0.2) is 22.7 Å².